The molecule has 0 saturated carbocycles. The summed E-state index contributed by atoms with van der Waals surface area (Å²) in [6, 6.07) is 4.41. The van der Waals surface area contributed by atoms with Crippen LogP contribution in [0.1, 0.15) is 38.7 Å². The van der Waals surface area contributed by atoms with Gasteiger partial charge in [-0.3, -0.25) is 19.4 Å². The Kier molecular flexibility index (Phi) is 11.5. The number of carboxylic acid groups (broad SMARTS) is 1. The number of nitrogens with zero attached hydrogens (tertiary/aromatic N) is 1. The average Bonchev–Trinajstić information content (AvgIpc) is 3.26. The molecule has 1 aromatic heterocycles. The number of carbonyl (C=O) groups excluding carboxylic acids is 3. The quantitative estimate of drug-likeness (QED) is 0.0832. The van der Waals surface area contributed by atoms with E-state index in [-0.39, 0.29) is 31.3 Å². The minimum Gasteiger partial charge on any atom is -0.480 e. The Bertz CT molecular complexity index is 1140. The summed E-state index contributed by atoms with van der Waals surface area (Å²) in [4.78, 5) is 56.6. The summed E-state index contributed by atoms with van der Waals surface area (Å²) >= 11 is 0. The van der Waals surface area contributed by atoms with Gasteiger partial charge < -0.3 is 43.2 Å². The van der Waals surface area contributed by atoms with Gasteiger partial charge in [-0.2, -0.15) is 0 Å². The monoisotopic (exact) mass is 530 g/mol. The molecule has 0 radical (unpaired) electrons. The molecule has 3 amide bonds. The normalized spacial score (nSPS) is 13.4. The number of nitrogens with two attached hydrogens (primary N) is 3. The first kappa shape index (κ1) is 30.1. The number of para-hydroxylation sites is 1. The molecular formula is C25H38N8O5. The van der Waals surface area contributed by atoms with Gasteiger partial charge >= 0.3 is 5.97 Å². The maximum Gasteiger partial charge on any atom is 0.326 e. The molecular weight excluding hydrogens is 492 g/mol. The third-order valence-corrected chi connectivity index (χ3v) is 5.80. The van der Waals surface area contributed by atoms with E-state index in [1.54, 1.807) is 6.20 Å². The van der Waals surface area contributed by atoms with E-state index >= 15 is 0 Å². The van der Waals surface area contributed by atoms with Crippen molar-refractivity contribution in [3.8, 4) is 0 Å². The highest BCUT2D eigenvalue weighted by molar-refractivity contribution is 5.93. The molecule has 0 aliphatic carbocycles. The number of aliphatic imine (C=N–C) groups is 1. The lowest BCUT2D eigenvalue weighted by atomic mass is 10.0. The number of hydrogen-bond acceptors (Lipinski definition) is 6. The van der Waals surface area contributed by atoms with Gasteiger partial charge in [-0.15, -0.1) is 0 Å². The number of benzene rings is 1. The van der Waals surface area contributed by atoms with Crippen molar-refractivity contribution in [3.63, 3.8) is 0 Å². The molecule has 1 heterocycles. The number of fused-ring (bicyclic) bond motifs is 1. The van der Waals surface area contributed by atoms with Crippen LogP contribution in [-0.4, -0.2) is 71.0 Å². The second-order valence-corrected chi connectivity index (χ2v) is 9.49. The maximum absolute atomic E-state index is 13.0. The number of aliphatic carboxylic acids is 1. The van der Waals surface area contributed by atoms with Crippen LogP contribution < -0.4 is 33.2 Å². The third-order valence-electron chi connectivity index (χ3n) is 5.80. The van der Waals surface area contributed by atoms with Crippen LogP contribution in [0.2, 0.25) is 0 Å². The first-order valence-electron chi connectivity index (χ1n) is 12.4. The Balaban J connectivity index is 1.95. The molecule has 2 rings (SSSR count). The fourth-order valence-corrected chi connectivity index (χ4v) is 3.89. The van der Waals surface area contributed by atoms with Crippen molar-refractivity contribution in [2.75, 3.05) is 13.1 Å². The third kappa shape index (κ3) is 9.73. The van der Waals surface area contributed by atoms with Crippen LogP contribution in [0, 0.1) is 5.92 Å². The second kappa shape index (κ2) is 14.6. The van der Waals surface area contributed by atoms with Gasteiger partial charge in [0.2, 0.25) is 17.7 Å². The van der Waals surface area contributed by atoms with Crippen LogP contribution in [-0.2, 0) is 25.6 Å². The zero-order valence-corrected chi connectivity index (χ0v) is 21.7. The number of carboxylic acids is 1. The van der Waals surface area contributed by atoms with Crippen LogP contribution >= 0.6 is 0 Å². The number of amides is 3. The Morgan fingerprint density at radius 2 is 1.76 bits per heavy atom. The molecule has 3 atom stereocenters. The molecule has 0 aliphatic heterocycles. The standard InChI is InChI=1S/C25H38N8O5/c1-14(2)10-19(32-21(34)13-31-22(35)17(26)7-5-9-29-25(27)28)23(36)33-20(24(37)38)11-15-12-30-18-8-4-3-6-16(15)18/h3-4,6,8,12,14,17,19-20,30H,5,7,9-11,13,26H2,1-2H3,(H,31,35)(H,32,34)(H,33,36)(H,37,38)(H4,27,28,29). The van der Waals surface area contributed by atoms with Gasteiger partial charge in [0.15, 0.2) is 5.96 Å². The highest BCUT2D eigenvalue weighted by Gasteiger charge is 2.28. The summed E-state index contributed by atoms with van der Waals surface area (Å²) in [6.45, 7) is 3.68. The number of guanidine groups is 1. The van der Waals surface area contributed by atoms with Crippen molar-refractivity contribution in [3.05, 3.63) is 36.0 Å². The summed E-state index contributed by atoms with van der Waals surface area (Å²) < 4.78 is 0. The molecule has 3 unspecified atom stereocenters. The van der Waals surface area contributed by atoms with Gasteiger partial charge in [-0.05, 0) is 36.8 Å². The fourth-order valence-electron chi connectivity index (χ4n) is 3.89. The van der Waals surface area contributed by atoms with Crippen LogP contribution in [0.4, 0.5) is 0 Å². The zero-order valence-electron chi connectivity index (χ0n) is 21.7. The van der Waals surface area contributed by atoms with Crippen molar-refractivity contribution in [2.24, 2.45) is 28.1 Å². The van der Waals surface area contributed by atoms with Gasteiger partial charge in [0.05, 0.1) is 12.6 Å². The van der Waals surface area contributed by atoms with Crippen LogP contribution in [0.3, 0.4) is 0 Å². The molecule has 0 saturated heterocycles. The minimum atomic E-state index is -1.20. The number of aromatic amines is 1. The molecule has 38 heavy (non-hydrogen) atoms. The first-order chi connectivity index (χ1) is 18.0. The van der Waals surface area contributed by atoms with E-state index in [0.29, 0.717) is 19.4 Å². The highest BCUT2D eigenvalue weighted by Crippen LogP contribution is 2.19. The van der Waals surface area contributed by atoms with Crippen molar-refractivity contribution in [2.45, 2.75) is 57.7 Å². The van der Waals surface area contributed by atoms with Crippen LogP contribution in [0.15, 0.2) is 35.5 Å². The van der Waals surface area contributed by atoms with E-state index in [0.717, 1.165) is 16.5 Å². The molecule has 0 spiro atoms. The van der Waals surface area contributed by atoms with Gasteiger partial charge in [-0.1, -0.05) is 32.0 Å². The number of nitrogens with one attached hydrogen (secondary N) is 4. The van der Waals surface area contributed by atoms with Gasteiger partial charge in [0, 0.05) is 30.1 Å². The summed E-state index contributed by atoms with van der Waals surface area (Å²) in [5, 5.41) is 18.2. The Hall–Kier alpha value is -4.13. The van der Waals surface area contributed by atoms with Crippen LogP contribution in [0.25, 0.3) is 10.9 Å². The number of H-pyrrole nitrogens is 1. The minimum absolute atomic E-state index is 0.0242. The van der Waals surface area contributed by atoms with E-state index in [1.165, 1.54) is 0 Å². The lowest BCUT2D eigenvalue weighted by Crippen LogP contribution is -2.54. The number of rotatable bonds is 15. The predicted molar refractivity (Wildman–Crippen MR) is 144 cm³/mol. The molecule has 0 aliphatic rings. The van der Waals surface area contributed by atoms with Gasteiger partial charge in [0.25, 0.3) is 0 Å². The largest absolute Gasteiger partial charge is 0.480 e. The van der Waals surface area contributed by atoms with E-state index < -0.39 is 41.8 Å². The molecule has 13 heteroatoms. The Morgan fingerprint density at radius 1 is 1.05 bits per heavy atom. The molecule has 1 aromatic carbocycles. The smallest absolute Gasteiger partial charge is 0.326 e. The Labute approximate surface area is 221 Å². The average molecular weight is 531 g/mol. The van der Waals surface area contributed by atoms with E-state index in [2.05, 4.69) is 25.9 Å². The highest BCUT2D eigenvalue weighted by atomic mass is 16.4. The van der Waals surface area contributed by atoms with Crippen LogP contribution in [0.5, 0.6) is 0 Å². The molecule has 13 nitrogen and oxygen atoms in total. The molecule has 11 N–H and O–H groups in total. The van der Waals surface area contributed by atoms with E-state index in [4.69, 9.17) is 17.2 Å². The summed E-state index contributed by atoms with van der Waals surface area (Å²) in [7, 11) is 0. The van der Waals surface area contributed by atoms with Crippen molar-refractivity contribution in [1.82, 2.24) is 20.9 Å². The molecule has 0 fully saturated rings. The maximum atomic E-state index is 13.0. The summed E-state index contributed by atoms with van der Waals surface area (Å²) in [5.41, 5.74) is 17.9. The number of hydrogen-bond donors (Lipinski definition) is 8. The summed E-state index contributed by atoms with van der Waals surface area (Å²) in [6.07, 6.45) is 2.85. The van der Waals surface area contributed by atoms with Crippen molar-refractivity contribution in [1.29, 1.82) is 0 Å². The van der Waals surface area contributed by atoms with Gasteiger partial charge in [0.1, 0.15) is 12.1 Å². The lowest BCUT2D eigenvalue weighted by Gasteiger charge is -2.23. The van der Waals surface area contributed by atoms with Crippen molar-refractivity contribution < 1.29 is 24.3 Å². The number of carbonyl (C=O) groups is 4. The molecule has 2 aromatic rings. The lowest BCUT2D eigenvalue weighted by molar-refractivity contribution is -0.142. The topological polar surface area (TPSA) is 231 Å². The first-order valence-corrected chi connectivity index (χ1v) is 12.4. The fraction of sp³-hybridized carbons (Fsp3) is 0.480. The van der Waals surface area contributed by atoms with Crippen molar-refractivity contribution >= 4 is 40.6 Å². The van der Waals surface area contributed by atoms with Gasteiger partial charge in [-0.25, -0.2) is 4.79 Å². The number of aromatic nitrogens is 1. The Morgan fingerprint density at radius 3 is 2.42 bits per heavy atom. The van der Waals surface area contributed by atoms with E-state index in [1.807, 2.05) is 38.1 Å². The zero-order chi connectivity index (χ0) is 28.2. The SMILES string of the molecule is CC(C)CC(NC(=O)CNC(=O)C(N)CCCN=C(N)N)C(=O)NC(Cc1c[nH]c2ccccc12)C(=O)O. The van der Waals surface area contributed by atoms with E-state index in [9.17, 15) is 24.3 Å². The second-order valence-electron chi connectivity index (χ2n) is 9.49. The predicted octanol–water partition coefficient (Wildman–Crippen LogP) is -0.692. The summed E-state index contributed by atoms with van der Waals surface area (Å²) in [5.74, 6) is -2.97. The molecule has 0 bridgehead atoms. The molecule has 208 valence electrons.